The molecule has 3 aliphatic rings. The van der Waals surface area contributed by atoms with Gasteiger partial charge in [0.25, 0.3) is 5.91 Å². The number of ether oxygens (including phenoxy) is 2. The lowest BCUT2D eigenvalue weighted by molar-refractivity contribution is -0.115. The van der Waals surface area contributed by atoms with Gasteiger partial charge in [-0.05, 0) is 60.6 Å². The molecule has 3 aromatic rings. The highest BCUT2D eigenvalue weighted by Gasteiger charge is 2.36. The summed E-state index contributed by atoms with van der Waals surface area (Å²) in [5.74, 6) is 0.255. The fraction of sp³-hybridized carbons (Fsp3) is 0.323. The van der Waals surface area contributed by atoms with Crippen molar-refractivity contribution in [2.45, 2.75) is 12.5 Å². The van der Waals surface area contributed by atoms with Crippen molar-refractivity contribution < 1.29 is 19.1 Å². The van der Waals surface area contributed by atoms with Crippen molar-refractivity contribution in [3.05, 3.63) is 82.9 Å². The lowest BCUT2D eigenvalue weighted by atomic mass is 9.90. The molecule has 0 aliphatic carbocycles. The van der Waals surface area contributed by atoms with E-state index in [1.165, 1.54) is 5.56 Å². The number of piperazine rings is 1. The second-order valence-corrected chi connectivity index (χ2v) is 10.4. The fourth-order valence-electron chi connectivity index (χ4n) is 5.40. The molecule has 0 aromatic heterocycles. The number of hydrogen-bond acceptors (Lipinski definition) is 7. The Morgan fingerprint density at radius 1 is 0.950 bits per heavy atom. The largest absolute Gasteiger partial charge is 0.486 e. The third kappa shape index (κ3) is 5.30. The molecule has 0 bridgehead atoms. The van der Waals surface area contributed by atoms with Gasteiger partial charge in [0.1, 0.15) is 19.1 Å². The number of rotatable bonds is 6. The van der Waals surface area contributed by atoms with Crippen molar-refractivity contribution in [1.29, 1.82) is 0 Å². The average molecular weight is 540 g/mol. The Morgan fingerprint density at radius 2 is 1.68 bits per heavy atom. The van der Waals surface area contributed by atoms with E-state index in [-0.39, 0.29) is 11.8 Å². The maximum absolute atomic E-state index is 13.4. The molecular formula is C31H33N5O4. The van der Waals surface area contributed by atoms with Crippen LogP contribution < -0.4 is 20.1 Å². The quantitative estimate of drug-likeness (QED) is 0.466. The van der Waals surface area contributed by atoms with Crippen LogP contribution in [0.5, 0.6) is 11.5 Å². The highest BCUT2D eigenvalue weighted by molar-refractivity contribution is 6.24. The average Bonchev–Trinajstić information content (AvgIpc) is 3.31. The summed E-state index contributed by atoms with van der Waals surface area (Å²) in [6, 6.07) is 19.2. The topological polar surface area (TPSA) is 95.5 Å². The second-order valence-electron chi connectivity index (χ2n) is 10.4. The Bertz CT molecular complexity index is 1460. The van der Waals surface area contributed by atoms with Gasteiger partial charge in [0.05, 0.1) is 11.4 Å². The molecule has 40 heavy (non-hydrogen) atoms. The summed E-state index contributed by atoms with van der Waals surface area (Å²) in [5, 5.41) is 5.59. The summed E-state index contributed by atoms with van der Waals surface area (Å²) < 4.78 is 11.6. The summed E-state index contributed by atoms with van der Waals surface area (Å²) in [5.41, 5.74) is 5.24. The molecule has 1 atom stereocenters. The molecule has 206 valence electrons. The standard InChI is InChI=1S/C31H33N5O4/c1-32-30(37)22-5-9-24-25(17-22)34-31(38)28(24)29(21-6-10-26-27(18-21)40-16-15-39-26)33-23-7-3-20(4-8-23)19-36-13-11-35(2)12-14-36/h3-10,17-18,28H,11-16,19H2,1-2H3,(H,32,37)(H,34,38). The number of benzene rings is 3. The monoisotopic (exact) mass is 539 g/mol. The minimum absolute atomic E-state index is 0.190. The van der Waals surface area contributed by atoms with Gasteiger partial charge >= 0.3 is 0 Å². The maximum Gasteiger partial charge on any atom is 0.251 e. The minimum atomic E-state index is -0.652. The minimum Gasteiger partial charge on any atom is -0.486 e. The Balaban J connectivity index is 1.35. The van der Waals surface area contributed by atoms with Crippen molar-refractivity contribution in [3.63, 3.8) is 0 Å². The normalized spacial score (nSPS) is 19.2. The lowest BCUT2D eigenvalue weighted by Crippen LogP contribution is -2.43. The number of nitrogens with one attached hydrogen (secondary N) is 2. The van der Waals surface area contributed by atoms with E-state index in [9.17, 15) is 9.59 Å². The van der Waals surface area contributed by atoms with E-state index in [0.717, 1.165) is 49.5 Å². The van der Waals surface area contributed by atoms with Crippen LogP contribution in [0.3, 0.4) is 0 Å². The van der Waals surface area contributed by atoms with E-state index in [0.29, 0.717) is 41.7 Å². The van der Waals surface area contributed by atoms with Gasteiger partial charge in [-0.15, -0.1) is 0 Å². The molecule has 1 unspecified atom stereocenters. The Labute approximate surface area is 233 Å². The van der Waals surface area contributed by atoms with Gasteiger partial charge in [-0.25, -0.2) is 0 Å². The van der Waals surface area contributed by atoms with Crippen molar-refractivity contribution in [2.75, 3.05) is 58.8 Å². The number of carbonyl (C=O) groups excluding carboxylic acids is 2. The van der Waals surface area contributed by atoms with Gasteiger partial charge in [-0.2, -0.15) is 0 Å². The van der Waals surface area contributed by atoms with Gasteiger partial charge < -0.3 is 25.0 Å². The van der Waals surface area contributed by atoms with Gasteiger partial charge in [0.2, 0.25) is 5.91 Å². The fourth-order valence-corrected chi connectivity index (χ4v) is 5.40. The van der Waals surface area contributed by atoms with Crippen molar-refractivity contribution >= 4 is 28.9 Å². The first-order chi connectivity index (χ1) is 19.5. The third-order valence-corrected chi connectivity index (χ3v) is 7.67. The summed E-state index contributed by atoms with van der Waals surface area (Å²) in [6.07, 6.45) is 0. The van der Waals surface area contributed by atoms with Gasteiger partial charge in [0.15, 0.2) is 11.5 Å². The molecule has 9 nitrogen and oxygen atoms in total. The number of likely N-dealkylation sites (N-methyl/N-ethyl adjacent to an activating group) is 1. The molecule has 0 radical (unpaired) electrons. The molecule has 3 heterocycles. The third-order valence-electron chi connectivity index (χ3n) is 7.67. The van der Waals surface area contributed by atoms with Crippen LogP contribution in [0.4, 0.5) is 11.4 Å². The van der Waals surface area contributed by atoms with Gasteiger partial charge in [-0.1, -0.05) is 18.2 Å². The SMILES string of the molecule is CNC(=O)c1ccc2c(c1)NC(=O)C2C(=Nc1ccc(CN2CCN(C)CC2)cc1)c1ccc2c(c1)OCCO2. The number of anilines is 1. The van der Waals surface area contributed by atoms with Crippen LogP contribution in [0.2, 0.25) is 0 Å². The molecule has 0 saturated carbocycles. The zero-order valence-electron chi connectivity index (χ0n) is 22.8. The second kappa shape index (κ2) is 11.1. The summed E-state index contributed by atoms with van der Waals surface area (Å²) in [6.45, 7) is 6.14. The first kappa shape index (κ1) is 26.0. The van der Waals surface area contributed by atoms with E-state index in [1.807, 2.05) is 36.4 Å². The predicted molar refractivity (Wildman–Crippen MR) is 154 cm³/mol. The molecule has 2 amide bonds. The summed E-state index contributed by atoms with van der Waals surface area (Å²) in [7, 11) is 3.74. The summed E-state index contributed by atoms with van der Waals surface area (Å²) in [4.78, 5) is 35.5. The number of aliphatic imine (C=N–C) groups is 1. The van der Waals surface area contributed by atoms with E-state index in [2.05, 4.69) is 39.6 Å². The van der Waals surface area contributed by atoms with Crippen LogP contribution in [0, 0.1) is 0 Å². The number of amides is 2. The summed E-state index contributed by atoms with van der Waals surface area (Å²) >= 11 is 0. The number of carbonyl (C=O) groups is 2. The maximum atomic E-state index is 13.4. The first-order valence-corrected chi connectivity index (χ1v) is 13.6. The molecule has 6 rings (SSSR count). The Hall–Kier alpha value is -4.21. The highest BCUT2D eigenvalue weighted by atomic mass is 16.6. The molecule has 9 heteroatoms. The van der Waals surface area contributed by atoms with Crippen LogP contribution in [0.1, 0.15) is 33.0 Å². The van der Waals surface area contributed by atoms with Crippen molar-refractivity contribution in [2.24, 2.45) is 4.99 Å². The Kier molecular flexibility index (Phi) is 7.23. The van der Waals surface area contributed by atoms with Crippen LogP contribution in [-0.4, -0.2) is 80.8 Å². The number of fused-ring (bicyclic) bond motifs is 2. The zero-order chi connectivity index (χ0) is 27.6. The van der Waals surface area contributed by atoms with Gasteiger partial charge in [-0.3, -0.25) is 19.5 Å². The highest BCUT2D eigenvalue weighted by Crippen LogP contribution is 2.39. The van der Waals surface area contributed by atoms with Crippen molar-refractivity contribution in [3.8, 4) is 11.5 Å². The van der Waals surface area contributed by atoms with E-state index in [1.54, 1.807) is 19.2 Å². The zero-order valence-corrected chi connectivity index (χ0v) is 22.8. The van der Waals surface area contributed by atoms with Crippen LogP contribution in [-0.2, 0) is 11.3 Å². The molecule has 2 N–H and O–H groups in total. The van der Waals surface area contributed by atoms with E-state index in [4.69, 9.17) is 14.5 Å². The van der Waals surface area contributed by atoms with E-state index >= 15 is 0 Å². The molecule has 1 fully saturated rings. The lowest BCUT2D eigenvalue weighted by Gasteiger charge is -2.32. The molecule has 0 spiro atoms. The number of nitrogens with zero attached hydrogens (tertiary/aromatic N) is 3. The smallest absolute Gasteiger partial charge is 0.251 e. The first-order valence-electron chi connectivity index (χ1n) is 13.6. The van der Waals surface area contributed by atoms with Crippen LogP contribution >= 0.6 is 0 Å². The molecular weight excluding hydrogens is 506 g/mol. The number of hydrogen-bond donors (Lipinski definition) is 2. The van der Waals surface area contributed by atoms with Crippen LogP contribution in [0.15, 0.2) is 65.7 Å². The molecule has 3 aromatic carbocycles. The molecule has 3 aliphatic heterocycles. The van der Waals surface area contributed by atoms with Crippen LogP contribution in [0.25, 0.3) is 0 Å². The Morgan fingerprint density at radius 3 is 2.42 bits per heavy atom. The predicted octanol–water partition coefficient (Wildman–Crippen LogP) is 3.42. The van der Waals surface area contributed by atoms with E-state index < -0.39 is 5.92 Å². The molecule has 1 saturated heterocycles. The van der Waals surface area contributed by atoms with Crippen molar-refractivity contribution in [1.82, 2.24) is 15.1 Å². The van der Waals surface area contributed by atoms with Gasteiger partial charge in [0, 0.05) is 56.6 Å².